The number of carbonyl (C=O) groups is 2. The van der Waals surface area contributed by atoms with Gasteiger partial charge in [0.2, 0.25) is 5.91 Å². The van der Waals surface area contributed by atoms with Crippen molar-refractivity contribution in [1.29, 1.82) is 0 Å². The largest absolute Gasteiger partial charge is 0.350 e. The summed E-state index contributed by atoms with van der Waals surface area (Å²) in [4.78, 5) is 28.7. The topological polar surface area (TPSA) is 67.2 Å². The normalized spacial score (nSPS) is 11.0. The predicted octanol–water partition coefficient (Wildman–Crippen LogP) is 5.48. The first-order valence-electron chi connectivity index (χ1n) is 10.4. The lowest BCUT2D eigenvalue weighted by molar-refractivity contribution is -0.121. The highest BCUT2D eigenvalue weighted by Crippen LogP contribution is 2.31. The molecule has 0 bridgehead atoms. The van der Waals surface area contributed by atoms with Gasteiger partial charge in [-0.1, -0.05) is 35.3 Å². The number of halogens is 2. The predicted molar refractivity (Wildman–Crippen MR) is 134 cm³/mol. The number of rotatable bonds is 7. The van der Waals surface area contributed by atoms with Crippen molar-refractivity contribution >= 4 is 56.6 Å². The van der Waals surface area contributed by atoms with Crippen LogP contribution in [0.2, 0.25) is 10.0 Å². The van der Waals surface area contributed by atoms with Gasteiger partial charge in [0.15, 0.2) is 0 Å². The Morgan fingerprint density at radius 3 is 2.33 bits per heavy atom. The summed E-state index contributed by atoms with van der Waals surface area (Å²) in [5, 5.41) is 9.68. The zero-order valence-electron chi connectivity index (χ0n) is 18.1. The Morgan fingerprint density at radius 1 is 1.06 bits per heavy atom. The smallest absolute Gasteiger partial charge is 0.264 e. The maximum absolute atomic E-state index is 13.2. The molecule has 0 saturated heterocycles. The minimum atomic E-state index is -0.218. The average molecular weight is 501 g/mol. The van der Waals surface area contributed by atoms with E-state index in [1.807, 2.05) is 48.9 Å². The molecule has 0 aliphatic heterocycles. The van der Waals surface area contributed by atoms with E-state index < -0.39 is 0 Å². The summed E-state index contributed by atoms with van der Waals surface area (Å²) in [6.07, 6.45) is 0. The monoisotopic (exact) mass is 500 g/mol. The first kappa shape index (κ1) is 23.3. The number of hydrogen-bond acceptors (Lipinski definition) is 4. The molecule has 9 heteroatoms. The van der Waals surface area contributed by atoms with Crippen LogP contribution in [0, 0.1) is 6.92 Å². The number of aromatic nitrogens is 2. The number of thiophene rings is 1. The Morgan fingerprint density at radius 2 is 1.70 bits per heavy atom. The molecule has 0 spiro atoms. The van der Waals surface area contributed by atoms with Crippen LogP contribution >= 0.6 is 34.5 Å². The second-order valence-electron chi connectivity index (χ2n) is 7.53. The van der Waals surface area contributed by atoms with Gasteiger partial charge < -0.3 is 10.2 Å². The molecule has 2 heterocycles. The summed E-state index contributed by atoms with van der Waals surface area (Å²) in [6, 6.07) is 16.5. The molecule has 0 radical (unpaired) electrons. The van der Waals surface area contributed by atoms with Gasteiger partial charge in [0.1, 0.15) is 4.83 Å². The number of fused-ring (bicyclic) bond motifs is 1. The molecule has 4 rings (SSSR count). The van der Waals surface area contributed by atoms with Crippen LogP contribution in [0.1, 0.15) is 27.9 Å². The molecule has 0 aliphatic carbocycles. The molecule has 0 unspecified atom stereocenters. The maximum Gasteiger partial charge on any atom is 0.264 e. The van der Waals surface area contributed by atoms with Crippen LogP contribution in [0.5, 0.6) is 0 Å². The molecule has 170 valence electrons. The lowest BCUT2D eigenvalue weighted by Crippen LogP contribution is -2.40. The Kier molecular flexibility index (Phi) is 7.02. The molecule has 0 saturated carbocycles. The molecule has 0 atom stereocenters. The minimum absolute atomic E-state index is 0.0144. The van der Waals surface area contributed by atoms with Gasteiger partial charge in [-0.05, 0) is 61.9 Å². The number of likely N-dealkylation sites (N-methyl/N-ethyl adjacent to an activating group) is 1. The van der Waals surface area contributed by atoms with E-state index in [2.05, 4.69) is 10.4 Å². The van der Waals surface area contributed by atoms with Crippen LogP contribution in [0.15, 0.2) is 54.6 Å². The first-order valence-corrected chi connectivity index (χ1v) is 12.0. The van der Waals surface area contributed by atoms with Crippen molar-refractivity contribution in [1.82, 2.24) is 20.0 Å². The highest BCUT2D eigenvalue weighted by molar-refractivity contribution is 7.20. The summed E-state index contributed by atoms with van der Waals surface area (Å²) in [7, 11) is 0. The van der Waals surface area contributed by atoms with Gasteiger partial charge >= 0.3 is 0 Å². The molecule has 2 aromatic heterocycles. The third-order valence-corrected chi connectivity index (χ3v) is 6.84. The van der Waals surface area contributed by atoms with Crippen LogP contribution in [0.4, 0.5) is 0 Å². The summed E-state index contributed by atoms with van der Waals surface area (Å²) >= 11 is 13.3. The van der Waals surface area contributed by atoms with Gasteiger partial charge in [-0.15, -0.1) is 11.3 Å². The van der Waals surface area contributed by atoms with Crippen LogP contribution in [-0.2, 0) is 11.3 Å². The Balaban J connectivity index is 1.49. The maximum atomic E-state index is 13.2. The highest BCUT2D eigenvalue weighted by Gasteiger charge is 2.22. The second-order valence-corrected chi connectivity index (χ2v) is 9.43. The van der Waals surface area contributed by atoms with Gasteiger partial charge in [0, 0.05) is 28.5 Å². The first-order chi connectivity index (χ1) is 15.9. The van der Waals surface area contributed by atoms with Crippen molar-refractivity contribution in [2.24, 2.45) is 0 Å². The van der Waals surface area contributed by atoms with Crippen LogP contribution in [0.25, 0.3) is 15.9 Å². The van der Waals surface area contributed by atoms with Crippen molar-refractivity contribution in [2.75, 3.05) is 13.1 Å². The molecule has 4 aromatic rings. The number of nitrogens with one attached hydrogen (secondary N) is 1. The number of nitrogens with zero attached hydrogens (tertiary/aromatic N) is 3. The van der Waals surface area contributed by atoms with E-state index in [1.54, 1.807) is 24.3 Å². The number of benzene rings is 2. The van der Waals surface area contributed by atoms with Crippen LogP contribution in [-0.4, -0.2) is 39.6 Å². The van der Waals surface area contributed by atoms with Crippen LogP contribution < -0.4 is 5.32 Å². The molecule has 33 heavy (non-hydrogen) atoms. The minimum Gasteiger partial charge on any atom is -0.350 e. The molecule has 2 aromatic carbocycles. The third-order valence-electron chi connectivity index (χ3n) is 5.23. The van der Waals surface area contributed by atoms with Crippen molar-refractivity contribution in [3.05, 3.63) is 80.8 Å². The lowest BCUT2D eigenvalue weighted by Gasteiger charge is -2.19. The molecule has 0 aliphatic rings. The summed E-state index contributed by atoms with van der Waals surface area (Å²) in [5.74, 6) is -0.396. The van der Waals surface area contributed by atoms with E-state index in [4.69, 9.17) is 23.2 Å². The Labute approximate surface area is 205 Å². The summed E-state index contributed by atoms with van der Waals surface area (Å²) < 4.78 is 1.82. The number of aryl methyl sites for hydroxylation is 1. The molecule has 6 nitrogen and oxygen atoms in total. The van der Waals surface area contributed by atoms with Gasteiger partial charge in [-0.25, -0.2) is 4.68 Å². The van der Waals surface area contributed by atoms with Gasteiger partial charge in [-0.3, -0.25) is 9.59 Å². The molecule has 0 fully saturated rings. The van der Waals surface area contributed by atoms with E-state index in [-0.39, 0.29) is 18.4 Å². The van der Waals surface area contributed by atoms with E-state index in [0.29, 0.717) is 28.0 Å². The second kappa shape index (κ2) is 9.95. The Hall–Kier alpha value is -2.87. The van der Waals surface area contributed by atoms with Crippen molar-refractivity contribution in [3.8, 4) is 5.69 Å². The van der Waals surface area contributed by atoms with Gasteiger partial charge in [-0.2, -0.15) is 5.10 Å². The molecule has 2 amide bonds. The van der Waals surface area contributed by atoms with Gasteiger partial charge in [0.05, 0.1) is 22.8 Å². The van der Waals surface area contributed by atoms with E-state index >= 15 is 0 Å². The fourth-order valence-corrected chi connectivity index (χ4v) is 4.83. The number of hydrogen-bond donors (Lipinski definition) is 1. The van der Waals surface area contributed by atoms with E-state index in [9.17, 15) is 9.59 Å². The molecule has 1 N–H and O–H groups in total. The Bertz CT molecular complexity index is 1300. The SMILES string of the molecule is CCN(CC(=O)NCc1ccc(Cl)cc1)C(=O)c1cc2c(C)nn(-c3ccc(Cl)cc3)c2s1. The fraction of sp³-hybridized carbons (Fsp3) is 0.208. The number of carbonyl (C=O) groups excluding carboxylic acids is 2. The number of amides is 2. The zero-order chi connectivity index (χ0) is 23.5. The molecular formula is C24H22Cl2N4O2S. The van der Waals surface area contributed by atoms with Gasteiger partial charge in [0.25, 0.3) is 5.91 Å². The standard InChI is InChI=1S/C24H22Cl2N4O2S/c1-3-29(14-22(31)27-13-16-4-6-17(25)7-5-16)23(32)21-12-20-15(2)28-30(24(20)33-21)19-10-8-18(26)9-11-19/h4-12H,3,13-14H2,1-2H3,(H,27,31). The average Bonchev–Trinajstić information content (AvgIpc) is 3.38. The quantitative estimate of drug-likeness (QED) is 0.365. The van der Waals surface area contributed by atoms with Crippen molar-refractivity contribution < 1.29 is 9.59 Å². The lowest BCUT2D eigenvalue weighted by atomic mass is 10.2. The van der Waals surface area contributed by atoms with Crippen LogP contribution in [0.3, 0.4) is 0 Å². The molecular weight excluding hydrogens is 479 g/mol. The summed E-state index contributed by atoms with van der Waals surface area (Å²) in [6.45, 7) is 4.56. The van der Waals surface area contributed by atoms with E-state index in [0.717, 1.165) is 27.2 Å². The fourth-order valence-electron chi connectivity index (χ4n) is 3.43. The van der Waals surface area contributed by atoms with E-state index in [1.165, 1.54) is 16.2 Å². The van der Waals surface area contributed by atoms with Crippen molar-refractivity contribution in [3.63, 3.8) is 0 Å². The third kappa shape index (κ3) is 5.21. The van der Waals surface area contributed by atoms with Crippen molar-refractivity contribution in [2.45, 2.75) is 20.4 Å². The highest BCUT2D eigenvalue weighted by atomic mass is 35.5. The summed E-state index contributed by atoms with van der Waals surface area (Å²) in [5.41, 5.74) is 2.64. The zero-order valence-corrected chi connectivity index (χ0v) is 20.5.